The number of benzene rings is 1. The molecule has 0 fully saturated rings. The Bertz CT molecular complexity index is 759. The lowest BCUT2D eigenvalue weighted by Crippen LogP contribution is -2.26. The monoisotopic (exact) mass is 398 g/mol. The van der Waals surface area contributed by atoms with E-state index in [0.717, 1.165) is 27.7 Å². The standard InChI is InChI=1S/C12H10BrF3N4O.ClH/c13-8-1-10(16)11(2-9(8)15)19-6-18-20(12(19)21)5-7(3-14)4-17;/h1-3,6H,4-5,17H2;1H/b7-3+;. The molecular formula is C12H11BrClF3N4O. The summed E-state index contributed by atoms with van der Waals surface area (Å²) in [5, 5.41) is 3.72. The van der Waals surface area contributed by atoms with Gasteiger partial charge in [-0.1, -0.05) is 0 Å². The van der Waals surface area contributed by atoms with Crippen molar-refractivity contribution in [1.29, 1.82) is 0 Å². The van der Waals surface area contributed by atoms with Gasteiger partial charge in [0, 0.05) is 12.6 Å². The van der Waals surface area contributed by atoms with Crippen molar-refractivity contribution in [3.8, 4) is 5.69 Å². The lowest BCUT2D eigenvalue weighted by molar-refractivity contribution is 0.582. The van der Waals surface area contributed by atoms with E-state index in [1.807, 2.05) is 0 Å². The molecule has 22 heavy (non-hydrogen) atoms. The zero-order valence-electron chi connectivity index (χ0n) is 11.0. The van der Waals surface area contributed by atoms with E-state index in [9.17, 15) is 18.0 Å². The fourth-order valence-corrected chi connectivity index (χ4v) is 1.96. The Labute approximate surface area is 137 Å². The van der Waals surface area contributed by atoms with Crippen molar-refractivity contribution in [3.63, 3.8) is 0 Å². The molecule has 0 bridgehead atoms. The van der Waals surface area contributed by atoms with Crippen molar-refractivity contribution in [3.05, 3.63) is 57.0 Å². The summed E-state index contributed by atoms with van der Waals surface area (Å²) in [4.78, 5) is 12.1. The first-order valence-corrected chi connectivity index (χ1v) is 6.54. The molecular weight excluding hydrogens is 389 g/mol. The van der Waals surface area contributed by atoms with Gasteiger partial charge >= 0.3 is 5.69 Å². The summed E-state index contributed by atoms with van der Waals surface area (Å²) in [5.41, 5.74) is 4.41. The SMILES string of the molecule is Cl.NC/C(=C\F)Cn1ncn(-c2cc(F)c(Br)cc2F)c1=O. The van der Waals surface area contributed by atoms with Crippen LogP contribution in [0.3, 0.4) is 0 Å². The summed E-state index contributed by atoms with van der Waals surface area (Å²) < 4.78 is 41.4. The molecule has 0 atom stereocenters. The van der Waals surface area contributed by atoms with E-state index in [4.69, 9.17) is 5.73 Å². The number of aromatic nitrogens is 3. The predicted octanol–water partition coefficient (Wildman–Crippen LogP) is 2.31. The fraction of sp³-hybridized carbons (Fsp3) is 0.167. The lowest BCUT2D eigenvalue weighted by Gasteiger charge is -2.04. The second-order valence-electron chi connectivity index (χ2n) is 4.13. The Kier molecular flexibility index (Phi) is 6.39. The largest absolute Gasteiger partial charge is 0.350 e. The van der Waals surface area contributed by atoms with Crippen LogP contribution in [0.2, 0.25) is 0 Å². The van der Waals surface area contributed by atoms with Crippen molar-refractivity contribution in [2.45, 2.75) is 6.54 Å². The Morgan fingerprint density at radius 3 is 2.64 bits per heavy atom. The first-order valence-electron chi connectivity index (χ1n) is 5.75. The summed E-state index contributed by atoms with van der Waals surface area (Å²) in [6.45, 7) is -0.253. The molecule has 0 saturated heterocycles. The van der Waals surface area contributed by atoms with Crippen LogP contribution in [0.15, 0.2) is 39.6 Å². The highest BCUT2D eigenvalue weighted by atomic mass is 79.9. The van der Waals surface area contributed by atoms with Crippen LogP contribution >= 0.6 is 28.3 Å². The van der Waals surface area contributed by atoms with Gasteiger partial charge in [0.05, 0.1) is 23.0 Å². The fourth-order valence-electron chi connectivity index (χ4n) is 1.64. The number of rotatable bonds is 4. The first-order chi connectivity index (χ1) is 9.97. The van der Waals surface area contributed by atoms with Crippen LogP contribution in [0.5, 0.6) is 0 Å². The third kappa shape index (κ3) is 3.60. The molecule has 10 heteroatoms. The normalized spacial score (nSPS) is 11.4. The summed E-state index contributed by atoms with van der Waals surface area (Å²) in [6, 6.07) is 1.77. The van der Waals surface area contributed by atoms with E-state index in [2.05, 4.69) is 21.0 Å². The Morgan fingerprint density at radius 1 is 1.36 bits per heavy atom. The minimum Gasteiger partial charge on any atom is -0.327 e. The second kappa shape index (κ2) is 7.61. The van der Waals surface area contributed by atoms with Crippen LogP contribution in [0.1, 0.15) is 0 Å². The van der Waals surface area contributed by atoms with Crippen LogP contribution in [-0.4, -0.2) is 20.9 Å². The number of halogens is 5. The minimum absolute atomic E-state index is 0. The smallest absolute Gasteiger partial charge is 0.327 e. The van der Waals surface area contributed by atoms with Crippen LogP contribution in [0.25, 0.3) is 5.69 Å². The van der Waals surface area contributed by atoms with Gasteiger partial charge in [-0.3, -0.25) is 0 Å². The maximum atomic E-state index is 13.8. The molecule has 5 nitrogen and oxygen atoms in total. The average Bonchev–Trinajstić information content (AvgIpc) is 2.81. The van der Waals surface area contributed by atoms with Gasteiger partial charge in [0.2, 0.25) is 0 Å². The van der Waals surface area contributed by atoms with Crippen LogP contribution in [0.4, 0.5) is 13.2 Å². The topological polar surface area (TPSA) is 65.8 Å². The average molecular weight is 400 g/mol. The summed E-state index contributed by atoms with van der Waals surface area (Å²) in [6.07, 6.45) is 1.31. The molecule has 0 radical (unpaired) electrons. The molecule has 1 aromatic carbocycles. The third-order valence-electron chi connectivity index (χ3n) is 2.75. The summed E-state index contributed by atoms with van der Waals surface area (Å²) in [7, 11) is 0. The van der Waals surface area contributed by atoms with Crippen molar-refractivity contribution >= 4 is 28.3 Å². The van der Waals surface area contributed by atoms with E-state index in [-0.39, 0.29) is 47.6 Å². The van der Waals surface area contributed by atoms with Gasteiger partial charge in [0.25, 0.3) is 0 Å². The highest BCUT2D eigenvalue weighted by Gasteiger charge is 2.14. The zero-order valence-corrected chi connectivity index (χ0v) is 13.4. The molecule has 0 aliphatic rings. The third-order valence-corrected chi connectivity index (χ3v) is 3.36. The molecule has 2 N–H and O–H groups in total. The Morgan fingerprint density at radius 2 is 2.05 bits per heavy atom. The molecule has 0 spiro atoms. The van der Waals surface area contributed by atoms with Crippen LogP contribution in [-0.2, 0) is 6.54 Å². The molecule has 1 heterocycles. The van der Waals surface area contributed by atoms with Gasteiger partial charge < -0.3 is 5.73 Å². The number of hydrogen-bond acceptors (Lipinski definition) is 3. The van der Waals surface area contributed by atoms with Crippen molar-refractivity contribution in [2.24, 2.45) is 5.73 Å². The molecule has 0 saturated carbocycles. The molecule has 0 amide bonds. The van der Waals surface area contributed by atoms with E-state index in [1.54, 1.807) is 0 Å². The van der Waals surface area contributed by atoms with Gasteiger partial charge in [-0.15, -0.1) is 12.4 Å². The van der Waals surface area contributed by atoms with Crippen molar-refractivity contribution in [2.75, 3.05) is 6.54 Å². The molecule has 120 valence electrons. The van der Waals surface area contributed by atoms with Crippen molar-refractivity contribution < 1.29 is 13.2 Å². The second-order valence-corrected chi connectivity index (χ2v) is 4.98. The first kappa shape index (κ1) is 18.5. The summed E-state index contributed by atoms with van der Waals surface area (Å²) in [5.74, 6) is -1.53. The zero-order chi connectivity index (χ0) is 15.6. The number of hydrogen-bond donors (Lipinski definition) is 1. The molecule has 0 aliphatic carbocycles. The maximum absolute atomic E-state index is 13.8. The number of nitrogens with zero attached hydrogens (tertiary/aromatic N) is 3. The summed E-state index contributed by atoms with van der Waals surface area (Å²) >= 11 is 2.84. The van der Waals surface area contributed by atoms with Gasteiger partial charge in [-0.2, -0.15) is 5.10 Å². The van der Waals surface area contributed by atoms with E-state index in [1.165, 1.54) is 0 Å². The van der Waals surface area contributed by atoms with Crippen LogP contribution in [0, 0.1) is 11.6 Å². The van der Waals surface area contributed by atoms with Gasteiger partial charge in [0.15, 0.2) is 0 Å². The molecule has 2 rings (SSSR count). The highest BCUT2D eigenvalue weighted by Crippen LogP contribution is 2.21. The molecule has 0 unspecified atom stereocenters. The highest BCUT2D eigenvalue weighted by molar-refractivity contribution is 9.10. The predicted molar refractivity (Wildman–Crippen MR) is 80.9 cm³/mol. The minimum atomic E-state index is -0.801. The van der Waals surface area contributed by atoms with E-state index >= 15 is 0 Å². The maximum Gasteiger partial charge on any atom is 0.350 e. The van der Waals surface area contributed by atoms with Gasteiger partial charge in [-0.25, -0.2) is 27.2 Å². The lowest BCUT2D eigenvalue weighted by atomic mass is 10.3. The van der Waals surface area contributed by atoms with E-state index < -0.39 is 17.3 Å². The van der Waals surface area contributed by atoms with Crippen LogP contribution < -0.4 is 11.4 Å². The molecule has 1 aromatic heterocycles. The number of nitrogens with two attached hydrogens (primary N) is 1. The molecule has 2 aromatic rings. The van der Waals surface area contributed by atoms with E-state index in [0.29, 0.717) is 0 Å². The quantitative estimate of drug-likeness (QED) is 0.803. The Balaban J connectivity index is 0.00000242. The van der Waals surface area contributed by atoms with Gasteiger partial charge in [0.1, 0.15) is 18.0 Å². The Hall–Kier alpha value is -1.58. The van der Waals surface area contributed by atoms with Crippen molar-refractivity contribution in [1.82, 2.24) is 14.3 Å². The van der Waals surface area contributed by atoms with Gasteiger partial charge in [-0.05, 0) is 27.6 Å². The molecule has 0 aliphatic heterocycles.